The SMILES string of the molecule is C/C=C\C=C(/C)c1cccc(COc2ccc(C=O)c(OCc3cncc(C#N)c3C)c2)c1C. The Kier molecular flexibility index (Phi) is 8.37. The second-order valence-electron chi connectivity index (χ2n) is 7.94. The molecule has 0 N–H and O–H groups in total. The van der Waals surface area contributed by atoms with Crippen LogP contribution in [-0.4, -0.2) is 11.3 Å². The van der Waals surface area contributed by atoms with Crippen molar-refractivity contribution in [3.8, 4) is 17.6 Å². The topological polar surface area (TPSA) is 72.2 Å². The molecule has 5 nitrogen and oxygen atoms in total. The number of nitriles is 1. The molecular formula is C29H28N2O3. The molecule has 0 aliphatic heterocycles. The molecule has 5 heteroatoms. The smallest absolute Gasteiger partial charge is 0.153 e. The molecule has 0 aliphatic rings. The molecule has 0 saturated carbocycles. The van der Waals surface area contributed by atoms with Gasteiger partial charge < -0.3 is 9.47 Å². The van der Waals surface area contributed by atoms with Gasteiger partial charge in [0, 0.05) is 24.0 Å². The predicted molar refractivity (Wildman–Crippen MR) is 134 cm³/mol. The Labute approximate surface area is 201 Å². The highest BCUT2D eigenvalue weighted by molar-refractivity contribution is 5.79. The van der Waals surface area contributed by atoms with Crippen LogP contribution in [0.1, 0.15) is 57.6 Å². The lowest BCUT2D eigenvalue weighted by Gasteiger charge is -2.15. The molecule has 3 rings (SSSR count). The highest BCUT2D eigenvalue weighted by Gasteiger charge is 2.11. The number of hydrogen-bond donors (Lipinski definition) is 0. The van der Waals surface area contributed by atoms with Crippen LogP contribution in [0.3, 0.4) is 0 Å². The van der Waals surface area contributed by atoms with Gasteiger partial charge in [-0.15, -0.1) is 0 Å². The molecule has 2 aromatic carbocycles. The maximum Gasteiger partial charge on any atom is 0.153 e. The van der Waals surface area contributed by atoms with E-state index in [1.54, 1.807) is 24.4 Å². The van der Waals surface area contributed by atoms with Gasteiger partial charge in [0.15, 0.2) is 6.29 Å². The molecule has 34 heavy (non-hydrogen) atoms. The molecule has 0 atom stereocenters. The number of rotatable bonds is 9. The highest BCUT2D eigenvalue weighted by Crippen LogP contribution is 2.27. The normalized spacial score (nSPS) is 11.3. The summed E-state index contributed by atoms with van der Waals surface area (Å²) in [6, 6.07) is 13.5. The standard InChI is InChI=1S/C29H28N2O3/c1-5-6-8-20(2)28-10-7-9-24(22(28)4)18-33-27-12-11-23(17-32)29(13-27)34-19-26-16-31-15-25(14-30)21(26)3/h5-13,15-17H,18-19H2,1-4H3/b6-5-,20-8+. The molecule has 0 aliphatic carbocycles. The van der Waals surface area contributed by atoms with Gasteiger partial charge in [-0.1, -0.05) is 36.4 Å². The summed E-state index contributed by atoms with van der Waals surface area (Å²) in [6.07, 6.45) is 10.1. The minimum absolute atomic E-state index is 0.192. The molecule has 1 heterocycles. The fourth-order valence-corrected chi connectivity index (χ4v) is 3.57. The van der Waals surface area contributed by atoms with Gasteiger partial charge in [-0.3, -0.25) is 9.78 Å². The van der Waals surface area contributed by atoms with E-state index in [9.17, 15) is 10.1 Å². The largest absolute Gasteiger partial charge is 0.489 e. The summed E-state index contributed by atoms with van der Waals surface area (Å²) >= 11 is 0. The number of benzene rings is 2. The Morgan fingerprint density at radius 2 is 1.85 bits per heavy atom. The van der Waals surface area contributed by atoms with Crippen LogP contribution in [-0.2, 0) is 13.2 Å². The van der Waals surface area contributed by atoms with Gasteiger partial charge in [0.2, 0.25) is 0 Å². The van der Waals surface area contributed by atoms with Gasteiger partial charge in [0.05, 0.1) is 11.1 Å². The van der Waals surface area contributed by atoms with Crippen molar-refractivity contribution in [1.82, 2.24) is 4.98 Å². The molecule has 0 spiro atoms. The second kappa shape index (κ2) is 11.6. The Balaban J connectivity index is 1.77. The van der Waals surface area contributed by atoms with Gasteiger partial charge >= 0.3 is 0 Å². The zero-order valence-electron chi connectivity index (χ0n) is 20.0. The third kappa shape index (κ3) is 5.79. The Bertz CT molecular complexity index is 1280. The van der Waals surface area contributed by atoms with Crippen molar-refractivity contribution in [3.63, 3.8) is 0 Å². The van der Waals surface area contributed by atoms with E-state index in [1.807, 2.05) is 32.1 Å². The molecule has 0 fully saturated rings. The van der Waals surface area contributed by atoms with Crippen molar-refractivity contribution in [1.29, 1.82) is 5.26 Å². The average Bonchev–Trinajstić information content (AvgIpc) is 2.86. The quantitative estimate of drug-likeness (QED) is 0.273. The van der Waals surface area contributed by atoms with Crippen molar-refractivity contribution in [2.75, 3.05) is 0 Å². The molecule has 3 aromatic rings. The van der Waals surface area contributed by atoms with E-state index >= 15 is 0 Å². The van der Waals surface area contributed by atoms with Crippen LogP contribution >= 0.6 is 0 Å². The number of hydrogen-bond acceptors (Lipinski definition) is 5. The summed E-state index contributed by atoms with van der Waals surface area (Å²) in [6.45, 7) is 8.62. The maximum atomic E-state index is 11.5. The fourth-order valence-electron chi connectivity index (χ4n) is 3.57. The van der Waals surface area contributed by atoms with Gasteiger partial charge in [0.25, 0.3) is 0 Å². The van der Waals surface area contributed by atoms with E-state index in [-0.39, 0.29) is 6.61 Å². The van der Waals surface area contributed by atoms with Gasteiger partial charge in [0.1, 0.15) is 30.8 Å². The molecule has 172 valence electrons. The zero-order valence-corrected chi connectivity index (χ0v) is 20.0. The fraction of sp³-hybridized carbons (Fsp3) is 0.207. The lowest BCUT2D eigenvalue weighted by atomic mass is 9.97. The summed E-state index contributed by atoms with van der Waals surface area (Å²) in [5.41, 5.74) is 7.16. The molecule has 0 unspecified atom stereocenters. The lowest BCUT2D eigenvalue weighted by Crippen LogP contribution is -2.04. The molecule has 0 amide bonds. The Morgan fingerprint density at radius 1 is 1.06 bits per heavy atom. The van der Waals surface area contributed by atoms with E-state index in [1.165, 1.54) is 22.9 Å². The van der Waals surface area contributed by atoms with Gasteiger partial charge in [-0.05, 0) is 67.7 Å². The Morgan fingerprint density at radius 3 is 2.59 bits per heavy atom. The number of carbonyl (C=O) groups is 1. The van der Waals surface area contributed by atoms with E-state index in [2.05, 4.69) is 43.1 Å². The number of pyridine rings is 1. The Hall–Kier alpha value is -4.17. The number of ether oxygens (including phenoxy) is 2. The third-order valence-corrected chi connectivity index (χ3v) is 5.74. The zero-order chi connectivity index (χ0) is 24.5. The van der Waals surface area contributed by atoms with Crippen molar-refractivity contribution < 1.29 is 14.3 Å². The van der Waals surface area contributed by atoms with E-state index in [0.717, 1.165) is 23.0 Å². The van der Waals surface area contributed by atoms with Crippen molar-refractivity contribution in [3.05, 3.63) is 106 Å². The first kappa shape index (κ1) is 24.5. The third-order valence-electron chi connectivity index (χ3n) is 5.74. The summed E-state index contributed by atoms with van der Waals surface area (Å²) in [5, 5.41) is 9.21. The average molecular weight is 453 g/mol. The van der Waals surface area contributed by atoms with Crippen molar-refractivity contribution in [2.45, 2.75) is 40.9 Å². The van der Waals surface area contributed by atoms with Crippen LogP contribution in [0.2, 0.25) is 0 Å². The second-order valence-corrected chi connectivity index (χ2v) is 7.94. The summed E-state index contributed by atoms with van der Waals surface area (Å²) in [5.74, 6) is 1.03. The minimum Gasteiger partial charge on any atom is -0.489 e. The first-order chi connectivity index (χ1) is 16.5. The first-order valence-corrected chi connectivity index (χ1v) is 11.0. The van der Waals surface area contributed by atoms with Crippen LogP contribution in [0, 0.1) is 25.2 Å². The van der Waals surface area contributed by atoms with Crippen LogP contribution in [0.4, 0.5) is 0 Å². The van der Waals surface area contributed by atoms with Crippen molar-refractivity contribution >= 4 is 11.9 Å². The van der Waals surface area contributed by atoms with Gasteiger partial charge in [-0.2, -0.15) is 5.26 Å². The first-order valence-electron chi connectivity index (χ1n) is 11.0. The minimum atomic E-state index is 0.192. The predicted octanol–water partition coefficient (Wildman–Crippen LogP) is 6.52. The van der Waals surface area contributed by atoms with Crippen LogP contribution in [0.25, 0.3) is 5.57 Å². The molecule has 0 bridgehead atoms. The number of carbonyl (C=O) groups excluding carboxylic acids is 1. The van der Waals surface area contributed by atoms with E-state index in [0.29, 0.717) is 29.2 Å². The number of aromatic nitrogens is 1. The maximum absolute atomic E-state index is 11.5. The van der Waals surface area contributed by atoms with Crippen LogP contribution in [0.5, 0.6) is 11.5 Å². The molecule has 0 saturated heterocycles. The van der Waals surface area contributed by atoms with Crippen LogP contribution in [0.15, 0.2) is 67.0 Å². The monoisotopic (exact) mass is 452 g/mol. The number of allylic oxidation sites excluding steroid dienone is 4. The van der Waals surface area contributed by atoms with Gasteiger partial charge in [-0.25, -0.2) is 0 Å². The number of aldehydes is 1. The van der Waals surface area contributed by atoms with Crippen LogP contribution < -0.4 is 9.47 Å². The molecule has 0 radical (unpaired) electrons. The number of nitrogens with zero attached hydrogens (tertiary/aromatic N) is 2. The summed E-state index contributed by atoms with van der Waals surface area (Å²) in [4.78, 5) is 15.6. The highest BCUT2D eigenvalue weighted by atomic mass is 16.5. The summed E-state index contributed by atoms with van der Waals surface area (Å²) in [7, 11) is 0. The van der Waals surface area contributed by atoms with Crippen molar-refractivity contribution in [2.24, 2.45) is 0 Å². The molecule has 1 aromatic heterocycles. The molecular weight excluding hydrogens is 424 g/mol. The summed E-state index contributed by atoms with van der Waals surface area (Å²) < 4.78 is 12.0. The lowest BCUT2D eigenvalue weighted by molar-refractivity contribution is 0.111. The van der Waals surface area contributed by atoms with E-state index in [4.69, 9.17) is 9.47 Å². The van der Waals surface area contributed by atoms with E-state index < -0.39 is 0 Å².